The van der Waals surface area contributed by atoms with E-state index in [1.807, 2.05) is 6.92 Å². The molecule has 0 radical (unpaired) electrons. The fraction of sp³-hybridized carbons (Fsp3) is 1.00. The highest BCUT2D eigenvalue weighted by molar-refractivity contribution is 4.66. The Bertz CT molecular complexity index is 106. The number of rotatable bonds is 8. The van der Waals surface area contributed by atoms with Crippen molar-refractivity contribution < 1.29 is 4.74 Å². The monoisotopic (exact) mass is 187 g/mol. The summed E-state index contributed by atoms with van der Waals surface area (Å²) < 4.78 is 5.26. The van der Waals surface area contributed by atoms with Gasteiger partial charge in [-0.3, -0.25) is 0 Å². The Morgan fingerprint density at radius 3 is 2.46 bits per heavy atom. The molecule has 0 aromatic heterocycles. The summed E-state index contributed by atoms with van der Waals surface area (Å²) in [6.45, 7) is 11.6. The van der Waals surface area contributed by atoms with E-state index in [0.29, 0.717) is 6.04 Å². The van der Waals surface area contributed by atoms with E-state index in [1.165, 1.54) is 6.42 Å². The van der Waals surface area contributed by atoms with Gasteiger partial charge in [0.15, 0.2) is 0 Å². The zero-order chi connectivity index (χ0) is 10.1. The van der Waals surface area contributed by atoms with Crippen molar-refractivity contribution in [2.45, 2.75) is 46.6 Å². The lowest BCUT2D eigenvalue weighted by atomic mass is 10.0. The normalized spacial score (nSPS) is 15.7. The van der Waals surface area contributed by atoms with Gasteiger partial charge in [-0.2, -0.15) is 0 Å². The van der Waals surface area contributed by atoms with Crippen LogP contribution in [0.1, 0.15) is 40.5 Å². The average Bonchev–Trinajstić information content (AvgIpc) is 2.16. The number of hydrogen-bond acceptors (Lipinski definition) is 2. The van der Waals surface area contributed by atoms with E-state index in [-0.39, 0.29) is 0 Å². The van der Waals surface area contributed by atoms with Crippen molar-refractivity contribution in [3.63, 3.8) is 0 Å². The Balaban J connectivity index is 3.21. The molecule has 0 saturated heterocycles. The minimum Gasteiger partial charge on any atom is -0.382 e. The van der Waals surface area contributed by atoms with Crippen molar-refractivity contribution in [2.24, 2.45) is 5.92 Å². The van der Waals surface area contributed by atoms with Gasteiger partial charge >= 0.3 is 0 Å². The molecule has 0 amide bonds. The fourth-order valence-electron chi connectivity index (χ4n) is 1.20. The molecule has 1 N–H and O–H groups in total. The van der Waals surface area contributed by atoms with Crippen LogP contribution in [0.4, 0.5) is 0 Å². The molecule has 0 saturated carbocycles. The Kier molecular flexibility index (Phi) is 8.46. The molecule has 0 aromatic rings. The third-order valence-corrected chi connectivity index (χ3v) is 2.63. The number of nitrogens with one attached hydrogen (secondary N) is 1. The third-order valence-electron chi connectivity index (χ3n) is 2.63. The Labute approximate surface area is 83.1 Å². The van der Waals surface area contributed by atoms with Crippen molar-refractivity contribution in [3.05, 3.63) is 0 Å². The molecule has 2 unspecified atom stereocenters. The molecule has 80 valence electrons. The predicted molar refractivity (Wildman–Crippen MR) is 58.0 cm³/mol. The van der Waals surface area contributed by atoms with Crippen molar-refractivity contribution in [1.82, 2.24) is 5.32 Å². The van der Waals surface area contributed by atoms with E-state index in [9.17, 15) is 0 Å². The fourth-order valence-corrected chi connectivity index (χ4v) is 1.20. The molecule has 13 heavy (non-hydrogen) atoms. The predicted octanol–water partition coefficient (Wildman–Crippen LogP) is 2.44. The first-order valence-electron chi connectivity index (χ1n) is 5.53. The van der Waals surface area contributed by atoms with Gasteiger partial charge in [-0.1, -0.05) is 20.3 Å². The maximum absolute atomic E-state index is 5.26. The summed E-state index contributed by atoms with van der Waals surface area (Å²) in [6, 6.07) is 0.631. The van der Waals surface area contributed by atoms with Gasteiger partial charge in [0.25, 0.3) is 0 Å². The third kappa shape index (κ3) is 7.03. The SMILES string of the molecule is CCOCCCNC(C)C(C)CC. The summed E-state index contributed by atoms with van der Waals surface area (Å²) in [5.74, 6) is 0.770. The van der Waals surface area contributed by atoms with Crippen LogP contribution in [0.2, 0.25) is 0 Å². The molecule has 0 fully saturated rings. The smallest absolute Gasteiger partial charge is 0.0477 e. The minimum absolute atomic E-state index is 0.631. The standard InChI is InChI=1S/C11H25NO/c1-5-10(3)11(4)12-8-7-9-13-6-2/h10-12H,5-9H2,1-4H3. The minimum atomic E-state index is 0.631. The molecule has 2 atom stereocenters. The zero-order valence-electron chi connectivity index (χ0n) is 9.60. The summed E-state index contributed by atoms with van der Waals surface area (Å²) in [5, 5.41) is 3.51. The van der Waals surface area contributed by atoms with Crippen LogP contribution in [0.25, 0.3) is 0 Å². The average molecular weight is 187 g/mol. The van der Waals surface area contributed by atoms with Crippen LogP contribution in [0.5, 0.6) is 0 Å². The van der Waals surface area contributed by atoms with E-state index < -0.39 is 0 Å². The zero-order valence-corrected chi connectivity index (χ0v) is 9.60. The second-order valence-corrected chi connectivity index (χ2v) is 3.68. The molecule has 0 aliphatic rings. The highest BCUT2D eigenvalue weighted by Gasteiger charge is 2.07. The summed E-state index contributed by atoms with van der Waals surface area (Å²) in [7, 11) is 0. The highest BCUT2D eigenvalue weighted by atomic mass is 16.5. The van der Waals surface area contributed by atoms with Crippen LogP contribution in [0.15, 0.2) is 0 Å². The van der Waals surface area contributed by atoms with Gasteiger partial charge in [0.05, 0.1) is 0 Å². The second-order valence-electron chi connectivity index (χ2n) is 3.68. The van der Waals surface area contributed by atoms with E-state index in [2.05, 4.69) is 26.1 Å². The van der Waals surface area contributed by atoms with E-state index in [0.717, 1.165) is 32.1 Å². The molecule has 0 aliphatic heterocycles. The Morgan fingerprint density at radius 1 is 1.23 bits per heavy atom. The molecule has 0 aliphatic carbocycles. The molecular weight excluding hydrogens is 162 g/mol. The number of ether oxygens (including phenoxy) is 1. The highest BCUT2D eigenvalue weighted by Crippen LogP contribution is 2.05. The largest absolute Gasteiger partial charge is 0.382 e. The second kappa shape index (κ2) is 8.52. The van der Waals surface area contributed by atoms with Gasteiger partial charge < -0.3 is 10.1 Å². The van der Waals surface area contributed by atoms with Crippen LogP contribution < -0.4 is 5.32 Å². The van der Waals surface area contributed by atoms with Crippen molar-refractivity contribution >= 4 is 0 Å². The van der Waals surface area contributed by atoms with Gasteiger partial charge in [0.2, 0.25) is 0 Å². The van der Waals surface area contributed by atoms with E-state index in [4.69, 9.17) is 4.74 Å². The molecule has 0 heterocycles. The van der Waals surface area contributed by atoms with Crippen LogP contribution >= 0.6 is 0 Å². The van der Waals surface area contributed by atoms with Gasteiger partial charge in [-0.05, 0) is 32.7 Å². The maximum atomic E-state index is 5.26. The topological polar surface area (TPSA) is 21.3 Å². The van der Waals surface area contributed by atoms with Crippen LogP contribution in [0, 0.1) is 5.92 Å². The lowest BCUT2D eigenvalue weighted by molar-refractivity contribution is 0.143. The van der Waals surface area contributed by atoms with Crippen molar-refractivity contribution in [3.8, 4) is 0 Å². The molecule has 0 aromatic carbocycles. The van der Waals surface area contributed by atoms with Crippen LogP contribution in [0.3, 0.4) is 0 Å². The van der Waals surface area contributed by atoms with Crippen LogP contribution in [-0.2, 0) is 4.74 Å². The Morgan fingerprint density at radius 2 is 1.92 bits per heavy atom. The molecular formula is C11H25NO. The molecule has 0 rings (SSSR count). The summed E-state index contributed by atoms with van der Waals surface area (Å²) in [6.07, 6.45) is 2.37. The first kappa shape index (κ1) is 12.9. The summed E-state index contributed by atoms with van der Waals surface area (Å²) in [5.41, 5.74) is 0. The summed E-state index contributed by atoms with van der Waals surface area (Å²) >= 11 is 0. The van der Waals surface area contributed by atoms with Gasteiger partial charge in [0.1, 0.15) is 0 Å². The van der Waals surface area contributed by atoms with Crippen molar-refractivity contribution in [1.29, 1.82) is 0 Å². The molecule has 0 spiro atoms. The van der Waals surface area contributed by atoms with E-state index in [1.54, 1.807) is 0 Å². The van der Waals surface area contributed by atoms with Gasteiger partial charge in [0, 0.05) is 19.3 Å². The van der Waals surface area contributed by atoms with E-state index >= 15 is 0 Å². The van der Waals surface area contributed by atoms with Gasteiger partial charge in [-0.25, -0.2) is 0 Å². The maximum Gasteiger partial charge on any atom is 0.0477 e. The number of hydrogen-bond donors (Lipinski definition) is 1. The molecule has 0 bridgehead atoms. The lowest BCUT2D eigenvalue weighted by Crippen LogP contribution is -2.33. The first-order valence-corrected chi connectivity index (χ1v) is 5.53. The van der Waals surface area contributed by atoms with Crippen molar-refractivity contribution in [2.75, 3.05) is 19.8 Å². The quantitative estimate of drug-likeness (QED) is 0.589. The lowest BCUT2D eigenvalue weighted by Gasteiger charge is -2.19. The molecule has 2 nitrogen and oxygen atoms in total. The molecule has 2 heteroatoms. The van der Waals surface area contributed by atoms with Crippen LogP contribution in [-0.4, -0.2) is 25.8 Å². The Hall–Kier alpha value is -0.0800. The van der Waals surface area contributed by atoms with Gasteiger partial charge in [-0.15, -0.1) is 0 Å². The first-order chi connectivity index (χ1) is 6.22. The summed E-state index contributed by atoms with van der Waals surface area (Å²) in [4.78, 5) is 0.